The Kier molecular flexibility index (Phi) is 1.35. The predicted octanol–water partition coefficient (Wildman–Crippen LogP) is 4.14. The molecular formula is C15H10N2S. The lowest BCUT2D eigenvalue weighted by atomic mass is 10.1. The molecule has 0 bridgehead atoms. The van der Waals surface area contributed by atoms with Gasteiger partial charge in [-0.3, -0.25) is 0 Å². The van der Waals surface area contributed by atoms with E-state index in [2.05, 4.69) is 58.1 Å². The number of aromatic nitrogens is 2. The minimum absolute atomic E-state index is 1.30. The Hall–Kier alpha value is -2.00. The summed E-state index contributed by atoms with van der Waals surface area (Å²) in [5.74, 6) is 0. The normalized spacial score (nSPS) is 12.7. The first-order chi connectivity index (χ1) is 8.86. The van der Waals surface area contributed by atoms with Gasteiger partial charge in [-0.15, -0.1) is 11.3 Å². The SMILES string of the molecule is Cn1ccn2c3cccc4c3c(c12)-c1ccsc1-4. The van der Waals surface area contributed by atoms with Crippen LogP contribution in [0.25, 0.3) is 38.1 Å². The van der Waals surface area contributed by atoms with Gasteiger partial charge in [0.25, 0.3) is 0 Å². The quantitative estimate of drug-likeness (QED) is 0.391. The van der Waals surface area contributed by atoms with E-state index in [1.807, 2.05) is 11.3 Å². The minimum Gasteiger partial charge on any atom is -0.335 e. The number of aryl methyl sites for hydroxylation is 1. The minimum atomic E-state index is 1.30. The Labute approximate surface area is 108 Å². The van der Waals surface area contributed by atoms with Crippen molar-refractivity contribution in [3.8, 4) is 21.6 Å². The van der Waals surface area contributed by atoms with Crippen LogP contribution in [0.15, 0.2) is 42.0 Å². The molecule has 0 saturated heterocycles. The fourth-order valence-corrected chi connectivity index (χ4v) is 4.18. The molecule has 0 radical (unpaired) electrons. The molecule has 5 rings (SSSR count). The molecule has 86 valence electrons. The van der Waals surface area contributed by atoms with Crippen molar-refractivity contribution in [1.82, 2.24) is 8.97 Å². The maximum Gasteiger partial charge on any atom is 0.125 e. The van der Waals surface area contributed by atoms with Crippen molar-refractivity contribution in [3.05, 3.63) is 42.0 Å². The van der Waals surface area contributed by atoms with E-state index in [4.69, 9.17) is 0 Å². The molecule has 0 amide bonds. The summed E-state index contributed by atoms with van der Waals surface area (Å²) in [5.41, 5.74) is 6.83. The second-order valence-electron chi connectivity index (χ2n) is 4.84. The van der Waals surface area contributed by atoms with Crippen molar-refractivity contribution in [2.24, 2.45) is 7.05 Å². The first kappa shape index (κ1) is 9.00. The Morgan fingerprint density at radius 1 is 1.06 bits per heavy atom. The molecule has 1 aromatic carbocycles. The van der Waals surface area contributed by atoms with Crippen LogP contribution in [0.4, 0.5) is 0 Å². The van der Waals surface area contributed by atoms with Crippen LogP contribution < -0.4 is 0 Å². The molecule has 3 heteroatoms. The summed E-state index contributed by atoms with van der Waals surface area (Å²) in [6, 6.07) is 8.87. The smallest absolute Gasteiger partial charge is 0.125 e. The van der Waals surface area contributed by atoms with Gasteiger partial charge >= 0.3 is 0 Å². The van der Waals surface area contributed by atoms with E-state index >= 15 is 0 Å². The second-order valence-corrected chi connectivity index (χ2v) is 5.76. The molecule has 4 aromatic rings. The number of hydrogen-bond acceptors (Lipinski definition) is 1. The summed E-state index contributed by atoms with van der Waals surface area (Å²) in [6.45, 7) is 0. The monoisotopic (exact) mass is 250 g/mol. The van der Waals surface area contributed by atoms with Crippen LogP contribution in [0.3, 0.4) is 0 Å². The molecule has 1 aliphatic rings. The first-order valence-corrected chi connectivity index (χ1v) is 6.90. The molecule has 0 unspecified atom stereocenters. The highest BCUT2D eigenvalue weighted by Crippen LogP contribution is 2.52. The highest BCUT2D eigenvalue weighted by atomic mass is 32.1. The Morgan fingerprint density at radius 3 is 2.94 bits per heavy atom. The van der Waals surface area contributed by atoms with Crippen LogP contribution >= 0.6 is 11.3 Å². The van der Waals surface area contributed by atoms with Gasteiger partial charge in [0.05, 0.1) is 5.52 Å². The fraction of sp³-hybridized carbons (Fsp3) is 0.0667. The highest BCUT2D eigenvalue weighted by molar-refractivity contribution is 7.14. The third-order valence-electron chi connectivity index (χ3n) is 3.96. The fourth-order valence-electron chi connectivity index (χ4n) is 3.24. The zero-order valence-corrected chi connectivity index (χ0v) is 10.7. The first-order valence-electron chi connectivity index (χ1n) is 6.02. The van der Waals surface area contributed by atoms with Gasteiger partial charge < -0.3 is 8.97 Å². The van der Waals surface area contributed by atoms with Gasteiger partial charge in [-0.1, -0.05) is 12.1 Å². The standard InChI is InChI=1S/C15H10N2S/c1-16-6-7-17-11-4-2-3-9-12(11)13(15(16)17)10-5-8-18-14(9)10/h2-8H,1H3. The van der Waals surface area contributed by atoms with E-state index in [-0.39, 0.29) is 0 Å². The van der Waals surface area contributed by atoms with Crippen LogP contribution in [-0.4, -0.2) is 8.97 Å². The number of imidazole rings is 1. The summed E-state index contributed by atoms with van der Waals surface area (Å²) in [4.78, 5) is 1.43. The van der Waals surface area contributed by atoms with E-state index in [0.717, 1.165) is 0 Å². The number of fused-ring (bicyclic) bond motifs is 6. The van der Waals surface area contributed by atoms with Gasteiger partial charge in [0, 0.05) is 46.4 Å². The third-order valence-corrected chi connectivity index (χ3v) is 4.90. The molecule has 3 aromatic heterocycles. The van der Waals surface area contributed by atoms with Crippen molar-refractivity contribution in [2.45, 2.75) is 0 Å². The molecule has 2 nitrogen and oxygen atoms in total. The van der Waals surface area contributed by atoms with E-state index in [9.17, 15) is 0 Å². The predicted molar refractivity (Wildman–Crippen MR) is 76.2 cm³/mol. The van der Waals surface area contributed by atoms with E-state index in [1.165, 1.54) is 38.1 Å². The molecule has 0 atom stereocenters. The van der Waals surface area contributed by atoms with Crippen molar-refractivity contribution < 1.29 is 0 Å². The van der Waals surface area contributed by atoms with E-state index in [0.29, 0.717) is 0 Å². The molecular weight excluding hydrogens is 240 g/mol. The molecule has 3 heterocycles. The van der Waals surface area contributed by atoms with E-state index < -0.39 is 0 Å². The second kappa shape index (κ2) is 2.70. The highest BCUT2D eigenvalue weighted by Gasteiger charge is 2.27. The number of rotatable bonds is 0. The Bertz CT molecular complexity index is 936. The summed E-state index contributed by atoms with van der Waals surface area (Å²) < 4.78 is 4.51. The molecule has 0 aliphatic heterocycles. The van der Waals surface area contributed by atoms with Crippen molar-refractivity contribution in [1.29, 1.82) is 0 Å². The molecule has 0 saturated carbocycles. The van der Waals surface area contributed by atoms with Crippen molar-refractivity contribution in [2.75, 3.05) is 0 Å². The van der Waals surface area contributed by atoms with Gasteiger partial charge in [0.2, 0.25) is 0 Å². The average Bonchev–Trinajstić information content (AvgIpc) is 3.07. The Balaban J connectivity index is 2.21. The van der Waals surface area contributed by atoms with Gasteiger partial charge in [-0.05, 0) is 17.5 Å². The van der Waals surface area contributed by atoms with E-state index in [1.54, 1.807) is 0 Å². The Morgan fingerprint density at radius 2 is 2.00 bits per heavy atom. The lowest BCUT2D eigenvalue weighted by Gasteiger charge is -1.98. The summed E-state index contributed by atoms with van der Waals surface area (Å²) in [7, 11) is 2.12. The van der Waals surface area contributed by atoms with Crippen LogP contribution in [-0.2, 0) is 7.05 Å². The van der Waals surface area contributed by atoms with Crippen LogP contribution in [0.5, 0.6) is 0 Å². The van der Waals surface area contributed by atoms with Gasteiger partial charge in [-0.25, -0.2) is 0 Å². The average molecular weight is 250 g/mol. The lowest BCUT2D eigenvalue weighted by molar-refractivity contribution is 0.961. The number of nitrogens with zero attached hydrogens (tertiary/aromatic N) is 2. The largest absolute Gasteiger partial charge is 0.335 e. The van der Waals surface area contributed by atoms with Gasteiger partial charge in [-0.2, -0.15) is 0 Å². The zero-order chi connectivity index (χ0) is 11.9. The van der Waals surface area contributed by atoms with Gasteiger partial charge in [0.1, 0.15) is 5.65 Å². The number of thiophene rings is 1. The molecule has 18 heavy (non-hydrogen) atoms. The molecule has 0 N–H and O–H groups in total. The third kappa shape index (κ3) is 0.782. The van der Waals surface area contributed by atoms with Gasteiger partial charge in [0.15, 0.2) is 0 Å². The zero-order valence-electron chi connectivity index (χ0n) is 9.84. The van der Waals surface area contributed by atoms with Crippen LogP contribution in [0.1, 0.15) is 0 Å². The number of hydrogen-bond donors (Lipinski definition) is 0. The number of benzene rings is 1. The summed E-state index contributed by atoms with van der Waals surface area (Å²) in [6.07, 6.45) is 4.28. The van der Waals surface area contributed by atoms with Crippen molar-refractivity contribution >= 4 is 27.9 Å². The summed E-state index contributed by atoms with van der Waals surface area (Å²) in [5, 5.41) is 3.62. The van der Waals surface area contributed by atoms with Crippen LogP contribution in [0, 0.1) is 0 Å². The maximum absolute atomic E-state index is 2.30. The molecule has 1 aliphatic carbocycles. The lowest BCUT2D eigenvalue weighted by Crippen LogP contribution is -1.86. The van der Waals surface area contributed by atoms with Crippen molar-refractivity contribution in [3.63, 3.8) is 0 Å². The topological polar surface area (TPSA) is 9.34 Å². The van der Waals surface area contributed by atoms with Crippen LogP contribution in [0.2, 0.25) is 0 Å². The molecule has 0 spiro atoms. The maximum atomic E-state index is 2.30. The molecule has 0 fully saturated rings. The summed E-state index contributed by atoms with van der Waals surface area (Å²) >= 11 is 1.84.